The molecule has 4 nitrogen and oxygen atoms in total. The molecule has 3 atom stereocenters. The Morgan fingerprint density at radius 2 is 1.84 bits per heavy atom. The van der Waals surface area contributed by atoms with Crippen molar-refractivity contribution in [1.82, 2.24) is 14.7 Å². The number of carbonyl (C=O) groups is 1. The Morgan fingerprint density at radius 3 is 2.56 bits per heavy atom. The quantitative estimate of drug-likeness (QED) is 0.464. The van der Waals surface area contributed by atoms with Gasteiger partial charge in [0.15, 0.2) is 0 Å². The van der Waals surface area contributed by atoms with Crippen LogP contribution in [-0.2, 0) is 10.2 Å². The van der Waals surface area contributed by atoms with Gasteiger partial charge in [0.25, 0.3) is 0 Å². The first-order valence-electron chi connectivity index (χ1n) is 11.0. The van der Waals surface area contributed by atoms with Crippen molar-refractivity contribution in [3.8, 4) is 5.69 Å². The summed E-state index contributed by atoms with van der Waals surface area (Å²) in [4.78, 5) is 14.2. The van der Waals surface area contributed by atoms with E-state index in [0.29, 0.717) is 11.8 Å². The molecule has 0 spiro atoms. The standard InChI is InChI=1S/C27H24FN3O/c1-17-12-25-20(14-29-31(25)22-10-8-21(28)9-11-22)13-23(17)27-16-30(18(2)32)15-24(27)26(27)19-6-4-3-5-7-19/h3-14,24,26H,15-16H2,1-2H3/t24-,26-,27+/m1/s1. The average molecular weight is 426 g/mol. The number of hydrogen-bond acceptors (Lipinski definition) is 2. The molecule has 4 aromatic rings. The van der Waals surface area contributed by atoms with Crippen molar-refractivity contribution < 1.29 is 9.18 Å². The van der Waals surface area contributed by atoms with E-state index in [0.717, 1.165) is 29.7 Å². The van der Waals surface area contributed by atoms with Crippen molar-refractivity contribution in [3.05, 3.63) is 95.4 Å². The minimum absolute atomic E-state index is 0.0523. The van der Waals surface area contributed by atoms with Crippen LogP contribution in [0.1, 0.15) is 29.5 Å². The fraction of sp³-hybridized carbons (Fsp3) is 0.259. The third-order valence-corrected chi connectivity index (χ3v) is 7.47. The van der Waals surface area contributed by atoms with Gasteiger partial charge < -0.3 is 4.90 Å². The second-order valence-electron chi connectivity index (χ2n) is 9.19. The summed E-state index contributed by atoms with van der Waals surface area (Å²) in [6.45, 7) is 5.38. The maximum Gasteiger partial charge on any atom is 0.219 e. The third kappa shape index (κ3) is 2.67. The second-order valence-corrected chi connectivity index (χ2v) is 9.19. The molecule has 2 heterocycles. The second kappa shape index (κ2) is 6.76. The molecule has 0 radical (unpaired) electrons. The van der Waals surface area contributed by atoms with E-state index in [1.54, 1.807) is 19.1 Å². The molecule has 1 aliphatic heterocycles. The van der Waals surface area contributed by atoms with Gasteiger partial charge in [0.05, 0.1) is 17.4 Å². The highest BCUT2D eigenvalue weighted by Crippen LogP contribution is 2.69. The van der Waals surface area contributed by atoms with Crippen LogP contribution in [0, 0.1) is 18.7 Å². The molecule has 1 saturated carbocycles. The number of aromatic nitrogens is 2. The van der Waals surface area contributed by atoms with Crippen LogP contribution in [0.4, 0.5) is 4.39 Å². The van der Waals surface area contributed by atoms with Crippen molar-refractivity contribution in [2.45, 2.75) is 25.2 Å². The van der Waals surface area contributed by atoms with Crippen LogP contribution in [0.25, 0.3) is 16.6 Å². The lowest BCUT2D eigenvalue weighted by Gasteiger charge is -2.25. The molecule has 1 aliphatic carbocycles. The predicted octanol–water partition coefficient (Wildman–Crippen LogP) is 4.99. The van der Waals surface area contributed by atoms with Gasteiger partial charge in [0.1, 0.15) is 5.82 Å². The molecule has 5 heteroatoms. The zero-order valence-corrected chi connectivity index (χ0v) is 18.1. The van der Waals surface area contributed by atoms with Crippen molar-refractivity contribution in [2.75, 3.05) is 13.1 Å². The Hall–Kier alpha value is -3.47. The molecular weight excluding hydrogens is 401 g/mol. The Bertz CT molecular complexity index is 1340. The predicted molar refractivity (Wildman–Crippen MR) is 122 cm³/mol. The fourth-order valence-corrected chi connectivity index (χ4v) is 5.97. The summed E-state index contributed by atoms with van der Waals surface area (Å²) in [7, 11) is 0. The molecule has 6 rings (SSSR count). The summed E-state index contributed by atoms with van der Waals surface area (Å²) in [5.41, 5.74) is 5.65. The van der Waals surface area contributed by atoms with E-state index in [1.165, 1.54) is 28.8 Å². The van der Waals surface area contributed by atoms with E-state index in [2.05, 4.69) is 54.5 Å². The third-order valence-electron chi connectivity index (χ3n) is 7.47. The van der Waals surface area contributed by atoms with Gasteiger partial charge >= 0.3 is 0 Å². The minimum Gasteiger partial charge on any atom is -0.342 e. The van der Waals surface area contributed by atoms with Crippen LogP contribution in [0.3, 0.4) is 0 Å². The summed E-state index contributed by atoms with van der Waals surface area (Å²) < 4.78 is 15.2. The first-order valence-corrected chi connectivity index (χ1v) is 11.0. The van der Waals surface area contributed by atoms with Gasteiger partial charge in [0.2, 0.25) is 5.91 Å². The highest BCUT2D eigenvalue weighted by Gasteiger charge is 2.70. The van der Waals surface area contributed by atoms with Crippen molar-refractivity contribution >= 4 is 16.8 Å². The van der Waals surface area contributed by atoms with E-state index in [-0.39, 0.29) is 17.1 Å². The molecule has 0 bridgehead atoms. The monoisotopic (exact) mass is 425 g/mol. The molecule has 0 unspecified atom stereocenters. The molecule has 32 heavy (non-hydrogen) atoms. The van der Waals surface area contributed by atoms with E-state index in [4.69, 9.17) is 0 Å². The zero-order valence-electron chi connectivity index (χ0n) is 18.1. The lowest BCUT2D eigenvalue weighted by Crippen LogP contribution is -2.32. The number of nitrogens with zero attached hydrogens (tertiary/aromatic N) is 3. The van der Waals surface area contributed by atoms with Crippen LogP contribution in [-0.4, -0.2) is 33.7 Å². The number of carbonyl (C=O) groups excluding carboxylic acids is 1. The van der Waals surface area contributed by atoms with Crippen LogP contribution in [0.15, 0.2) is 72.9 Å². The summed E-state index contributed by atoms with van der Waals surface area (Å²) >= 11 is 0. The number of rotatable bonds is 3. The maximum absolute atomic E-state index is 13.4. The fourth-order valence-electron chi connectivity index (χ4n) is 5.97. The van der Waals surface area contributed by atoms with Gasteiger partial charge in [-0.15, -0.1) is 0 Å². The molecule has 1 amide bonds. The molecule has 1 saturated heterocycles. The maximum atomic E-state index is 13.4. The first kappa shape index (κ1) is 19.2. The molecule has 160 valence electrons. The van der Waals surface area contributed by atoms with Gasteiger partial charge in [-0.05, 0) is 65.9 Å². The van der Waals surface area contributed by atoms with E-state index in [9.17, 15) is 9.18 Å². The van der Waals surface area contributed by atoms with E-state index >= 15 is 0 Å². The van der Waals surface area contributed by atoms with Crippen LogP contribution >= 0.6 is 0 Å². The molecule has 2 aliphatic rings. The minimum atomic E-state index is -0.259. The van der Waals surface area contributed by atoms with Crippen molar-refractivity contribution in [3.63, 3.8) is 0 Å². The summed E-state index contributed by atoms with van der Waals surface area (Å²) in [6, 6.07) is 21.5. The summed E-state index contributed by atoms with van der Waals surface area (Å²) in [6.07, 6.45) is 1.88. The van der Waals surface area contributed by atoms with Gasteiger partial charge in [-0.1, -0.05) is 30.3 Å². The van der Waals surface area contributed by atoms with E-state index in [1.807, 2.05) is 15.8 Å². The van der Waals surface area contributed by atoms with Gasteiger partial charge in [-0.3, -0.25) is 4.79 Å². The largest absolute Gasteiger partial charge is 0.342 e. The number of hydrogen-bond donors (Lipinski definition) is 0. The molecule has 2 fully saturated rings. The Balaban J connectivity index is 1.47. The number of benzene rings is 3. The topological polar surface area (TPSA) is 38.1 Å². The van der Waals surface area contributed by atoms with Crippen molar-refractivity contribution in [2.24, 2.45) is 5.92 Å². The number of fused-ring (bicyclic) bond motifs is 2. The summed E-state index contributed by atoms with van der Waals surface area (Å²) in [5.74, 6) is 0.733. The number of halogens is 1. The molecule has 0 N–H and O–H groups in total. The van der Waals surface area contributed by atoms with E-state index < -0.39 is 0 Å². The highest BCUT2D eigenvalue weighted by atomic mass is 19.1. The van der Waals surface area contributed by atoms with Gasteiger partial charge in [-0.25, -0.2) is 9.07 Å². The van der Waals surface area contributed by atoms with Crippen molar-refractivity contribution in [1.29, 1.82) is 0 Å². The summed E-state index contributed by atoms with van der Waals surface area (Å²) in [5, 5.41) is 5.65. The SMILES string of the molecule is CC(=O)N1C[C@@H]2[C@@H](c3ccccc3)[C@]2(c2cc3cnn(-c4ccc(F)cc4)c3cc2C)C1. The lowest BCUT2D eigenvalue weighted by molar-refractivity contribution is -0.128. The Morgan fingerprint density at radius 1 is 1.09 bits per heavy atom. The normalized spacial score (nSPS) is 24.0. The Kier molecular flexibility index (Phi) is 4.06. The van der Waals surface area contributed by atoms with Crippen LogP contribution in [0.2, 0.25) is 0 Å². The molecular formula is C27H24FN3O. The number of piperidine rings is 1. The number of amides is 1. The average Bonchev–Trinajstić information content (AvgIpc) is 3.08. The highest BCUT2D eigenvalue weighted by molar-refractivity contribution is 5.83. The van der Waals surface area contributed by atoms with Crippen LogP contribution in [0.5, 0.6) is 0 Å². The first-order chi connectivity index (χ1) is 15.5. The van der Waals surface area contributed by atoms with Crippen LogP contribution < -0.4 is 0 Å². The lowest BCUT2D eigenvalue weighted by atomic mass is 9.86. The zero-order chi connectivity index (χ0) is 22.0. The number of likely N-dealkylation sites (tertiary alicyclic amines) is 1. The molecule has 1 aromatic heterocycles. The number of aryl methyl sites for hydroxylation is 1. The van der Waals surface area contributed by atoms with Gasteiger partial charge in [-0.2, -0.15) is 5.10 Å². The van der Waals surface area contributed by atoms with Gasteiger partial charge in [0, 0.05) is 36.7 Å². The molecule has 3 aromatic carbocycles. The Labute approximate surface area is 186 Å². The smallest absolute Gasteiger partial charge is 0.219 e.